The van der Waals surface area contributed by atoms with Crippen LogP contribution in [0.15, 0.2) is 24.3 Å². The standard InChI is InChI=1S/C13H20N2/c1-4-5-10-15(3)11-14-13-9-7-6-8-12(13)2/h6-9,11H,4-5,10H2,1-3H3/p+1. The van der Waals surface area contributed by atoms with Gasteiger partial charge >= 0.3 is 0 Å². The molecule has 0 bridgehead atoms. The molecule has 1 aromatic carbocycles. The van der Waals surface area contributed by atoms with E-state index < -0.39 is 0 Å². The molecule has 1 N–H and O–H groups in total. The van der Waals surface area contributed by atoms with Crippen molar-refractivity contribution < 1.29 is 4.58 Å². The first-order chi connectivity index (χ1) is 7.24. The summed E-state index contributed by atoms with van der Waals surface area (Å²) in [6.45, 7) is 5.43. The van der Waals surface area contributed by atoms with Crippen molar-refractivity contribution in [2.24, 2.45) is 0 Å². The normalized spacial score (nSPS) is 11.5. The Kier molecular flexibility index (Phi) is 4.88. The maximum Gasteiger partial charge on any atom is 0.236 e. The number of unbranched alkanes of at least 4 members (excludes halogenated alkanes) is 1. The number of anilines is 1. The lowest BCUT2D eigenvalue weighted by atomic mass is 10.2. The van der Waals surface area contributed by atoms with E-state index in [4.69, 9.17) is 0 Å². The Morgan fingerprint density at radius 3 is 2.73 bits per heavy atom. The summed E-state index contributed by atoms with van der Waals surface area (Å²) >= 11 is 0. The smallest absolute Gasteiger partial charge is 0.236 e. The van der Waals surface area contributed by atoms with Gasteiger partial charge in [0.25, 0.3) is 0 Å². The fourth-order valence-corrected chi connectivity index (χ4v) is 1.39. The van der Waals surface area contributed by atoms with Crippen LogP contribution in [-0.4, -0.2) is 24.5 Å². The van der Waals surface area contributed by atoms with Crippen molar-refractivity contribution >= 4 is 12.0 Å². The second kappa shape index (κ2) is 6.23. The van der Waals surface area contributed by atoms with Crippen molar-refractivity contribution in [3.05, 3.63) is 29.8 Å². The fraction of sp³-hybridized carbons (Fsp3) is 0.462. The number of aryl methyl sites for hydroxylation is 1. The van der Waals surface area contributed by atoms with E-state index in [0.717, 1.165) is 6.54 Å². The minimum absolute atomic E-state index is 1.11. The molecule has 1 rings (SSSR count). The van der Waals surface area contributed by atoms with Crippen LogP contribution in [0.4, 0.5) is 5.69 Å². The third kappa shape index (κ3) is 4.15. The molecule has 0 amide bonds. The zero-order valence-electron chi connectivity index (χ0n) is 9.96. The van der Waals surface area contributed by atoms with Gasteiger partial charge in [-0.25, -0.2) is 5.32 Å². The Bertz CT molecular complexity index is 329. The predicted octanol–water partition coefficient (Wildman–Crippen LogP) is 2.88. The average molecular weight is 205 g/mol. The van der Waals surface area contributed by atoms with Crippen molar-refractivity contribution in [1.29, 1.82) is 0 Å². The van der Waals surface area contributed by atoms with Crippen LogP contribution in [0.1, 0.15) is 25.3 Å². The summed E-state index contributed by atoms with van der Waals surface area (Å²) in [5, 5.41) is 3.32. The Labute approximate surface area is 92.6 Å². The van der Waals surface area contributed by atoms with E-state index >= 15 is 0 Å². The third-order valence-corrected chi connectivity index (χ3v) is 2.45. The van der Waals surface area contributed by atoms with Crippen molar-refractivity contribution in [2.45, 2.75) is 26.7 Å². The second-order valence-electron chi connectivity index (χ2n) is 3.92. The fourth-order valence-electron chi connectivity index (χ4n) is 1.39. The quantitative estimate of drug-likeness (QED) is 0.444. The lowest BCUT2D eigenvalue weighted by Crippen LogP contribution is -2.14. The molecule has 0 spiro atoms. The number of hydrogen-bond donors (Lipinski definition) is 1. The molecule has 0 radical (unpaired) electrons. The second-order valence-corrected chi connectivity index (χ2v) is 3.92. The van der Waals surface area contributed by atoms with Gasteiger partial charge in [-0.05, 0) is 25.0 Å². The van der Waals surface area contributed by atoms with Gasteiger partial charge < -0.3 is 0 Å². The van der Waals surface area contributed by atoms with Crippen LogP contribution in [0.2, 0.25) is 0 Å². The molecule has 0 atom stereocenters. The summed E-state index contributed by atoms with van der Waals surface area (Å²) in [6.07, 6.45) is 4.52. The lowest BCUT2D eigenvalue weighted by molar-refractivity contribution is -0.493. The molecule has 0 aromatic heterocycles. The van der Waals surface area contributed by atoms with Crippen molar-refractivity contribution in [3.8, 4) is 0 Å². The minimum atomic E-state index is 1.11. The predicted molar refractivity (Wildman–Crippen MR) is 66.8 cm³/mol. The van der Waals surface area contributed by atoms with Gasteiger partial charge in [0.1, 0.15) is 5.69 Å². The van der Waals surface area contributed by atoms with Crippen LogP contribution in [0, 0.1) is 6.92 Å². The van der Waals surface area contributed by atoms with Crippen LogP contribution in [0.5, 0.6) is 0 Å². The van der Waals surface area contributed by atoms with Gasteiger partial charge in [-0.3, -0.25) is 4.58 Å². The molecular weight excluding hydrogens is 184 g/mol. The molecule has 0 unspecified atom stereocenters. The number of para-hydroxylation sites is 1. The summed E-state index contributed by atoms with van der Waals surface area (Å²) in [6, 6.07) is 8.32. The van der Waals surface area contributed by atoms with E-state index in [-0.39, 0.29) is 0 Å². The summed E-state index contributed by atoms with van der Waals surface area (Å²) in [7, 11) is 2.10. The molecule has 2 heteroatoms. The van der Waals surface area contributed by atoms with Crippen molar-refractivity contribution in [1.82, 2.24) is 0 Å². The lowest BCUT2D eigenvalue weighted by Gasteiger charge is -2.01. The Morgan fingerprint density at radius 2 is 2.07 bits per heavy atom. The van der Waals surface area contributed by atoms with Crippen LogP contribution in [-0.2, 0) is 0 Å². The summed E-state index contributed by atoms with van der Waals surface area (Å²) in [5.74, 6) is 0. The first-order valence-electron chi connectivity index (χ1n) is 5.59. The molecule has 0 aliphatic carbocycles. The first-order valence-corrected chi connectivity index (χ1v) is 5.59. The highest BCUT2D eigenvalue weighted by molar-refractivity contribution is 5.73. The molecule has 0 fully saturated rings. The maximum absolute atomic E-state index is 3.32. The van der Waals surface area contributed by atoms with Gasteiger partial charge in [-0.1, -0.05) is 31.5 Å². The zero-order valence-corrected chi connectivity index (χ0v) is 9.96. The molecule has 1 aromatic rings. The highest BCUT2D eigenvalue weighted by Crippen LogP contribution is 2.11. The Balaban J connectivity index is 2.52. The van der Waals surface area contributed by atoms with Gasteiger partial charge in [-0.15, -0.1) is 0 Å². The van der Waals surface area contributed by atoms with Gasteiger partial charge in [-0.2, -0.15) is 0 Å². The molecule has 15 heavy (non-hydrogen) atoms. The first kappa shape index (κ1) is 11.8. The Hall–Kier alpha value is -1.31. The number of rotatable bonds is 5. The molecule has 82 valence electrons. The van der Waals surface area contributed by atoms with E-state index in [1.807, 2.05) is 6.34 Å². The van der Waals surface area contributed by atoms with Crippen LogP contribution < -0.4 is 5.32 Å². The molecule has 2 nitrogen and oxygen atoms in total. The topological polar surface area (TPSA) is 15.0 Å². The van der Waals surface area contributed by atoms with Gasteiger partial charge in [0.2, 0.25) is 6.34 Å². The van der Waals surface area contributed by atoms with Crippen LogP contribution in [0.3, 0.4) is 0 Å². The average Bonchev–Trinajstić information content (AvgIpc) is 2.25. The number of benzene rings is 1. The minimum Gasteiger partial charge on any atom is -0.271 e. The van der Waals surface area contributed by atoms with E-state index in [1.165, 1.54) is 24.1 Å². The Morgan fingerprint density at radius 1 is 1.33 bits per heavy atom. The number of hydrogen-bond acceptors (Lipinski definition) is 0. The molecule has 0 heterocycles. The molecule has 0 saturated carbocycles. The summed E-state index contributed by atoms with van der Waals surface area (Å²) in [4.78, 5) is 0. The van der Waals surface area contributed by atoms with Gasteiger partial charge in [0.05, 0.1) is 13.6 Å². The molecule has 0 saturated heterocycles. The number of nitrogens with one attached hydrogen (secondary N) is 1. The SMILES string of the molecule is CCCC[N+](C)=CNc1ccccc1C. The van der Waals surface area contributed by atoms with E-state index in [2.05, 4.69) is 55.1 Å². The zero-order chi connectivity index (χ0) is 11.1. The molecule has 0 aliphatic heterocycles. The maximum atomic E-state index is 3.32. The van der Waals surface area contributed by atoms with E-state index in [9.17, 15) is 0 Å². The van der Waals surface area contributed by atoms with Crippen LogP contribution >= 0.6 is 0 Å². The summed E-state index contributed by atoms with van der Waals surface area (Å²) in [5.41, 5.74) is 2.46. The van der Waals surface area contributed by atoms with Crippen LogP contribution in [0.25, 0.3) is 0 Å². The van der Waals surface area contributed by atoms with E-state index in [1.54, 1.807) is 0 Å². The van der Waals surface area contributed by atoms with E-state index in [0.29, 0.717) is 0 Å². The monoisotopic (exact) mass is 205 g/mol. The van der Waals surface area contributed by atoms with Gasteiger partial charge in [0, 0.05) is 0 Å². The highest BCUT2D eigenvalue weighted by atomic mass is 15.1. The number of nitrogens with zero attached hydrogens (tertiary/aromatic N) is 1. The third-order valence-electron chi connectivity index (χ3n) is 2.45. The molecule has 0 aliphatic rings. The molecular formula is C13H21N2+. The highest BCUT2D eigenvalue weighted by Gasteiger charge is 1.98. The summed E-state index contributed by atoms with van der Waals surface area (Å²) < 4.78 is 2.19. The van der Waals surface area contributed by atoms with Crippen molar-refractivity contribution in [3.63, 3.8) is 0 Å². The van der Waals surface area contributed by atoms with Crippen molar-refractivity contribution in [2.75, 3.05) is 18.9 Å². The van der Waals surface area contributed by atoms with Gasteiger partial charge in [0.15, 0.2) is 0 Å². The largest absolute Gasteiger partial charge is 0.271 e.